The molecule has 2 aromatic rings. The van der Waals surface area contributed by atoms with Gasteiger partial charge in [-0.05, 0) is 23.9 Å². The third-order valence-corrected chi connectivity index (χ3v) is 5.78. The summed E-state index contributed by atoms with van der Waals surface area (Å²) in [7, 11) is -4.35. The molecule has 1 aliphatic carbocycles. The summed E-state index contributed by atoms with van der Waals surface area (Å²) in [5, 5.41) is 28.7. The number of nitrogens with one attached hydrogen (secondary N) is 1. The van der Waals surface area contributed by atoms with Gasteiger partial charge in [0.1, 0.15) is 30.5 Å². The average molecular weight is 464 g/mol. The van der Waals surface area contributed by atoms with E-state index in [9.17, 15) is 14.8 Å². The van der Waals surface area contributed by atoms with Crippen LogP contribution >= 0.6 is 19.2 Å². The smallest absolute Gasteiger partial charge is 0.350 e. The minimum atomic E-state index is -4.35. The predicted octanol–water partition coefficient (Wildman–Crippen LogP) is 0.463. The van der Waals surface area contributed by atoms with Gasteiger partial charge in [-0.3, -0.25) is 4.57 Å². The van der Waals surface area contributed by atoms with Crippen molar-refractivity contribution in [3.8, 4) is 0 Å². The molecule has 2 aromatic heterocycles. The van der Waals surface area contributed by atoms with E-state index in [0.29, 0.717) is 16.9 Å². The molecule has 1 aliphatic heterocycles. The van der Waals surface area contributed by atoms with Crippen molar-refractivity contribution in [2.45, 2.75) is 43.8 Å². The summed E-state index contributed by atoms with van der Waals surface area (Å²) in [6.07, 6.45) is -0.582. The van der Waals surface area contributed by atoms with E-state index in [-0.39, 0.29) is 11.9 Å². The minimum absolute atomic E-state index is 0.00673. The molecule has 0 radical (unpaired) electrons. The highest BCUT2D eigenvalue weighted by Gasteiger charge is 2.45. The zero-order valence-electron chi connectivity index (χ0n) is 15.8. The SMILES string of the molecule is O=P(O)(O)COC[C@H]1O[C@@H](n2ncc3c(NCCC4CC4)nc(Cl)nc32)[C@H](O)[C@@H]1O. The largest absolute Gasteiger partial charge is 0.387 e. The number of hydrogen-bond acceptors (Lipinski definition) is 9. The van der Waals surface area contributed by atoms with E-state index in [1.165, 1.54) is 23.7 Å². The highest BCUT2D eigenvalue weighted by molar-refractivity contribution is 7.51. The Morgan fingerprint density at radius 1 is 1.30 bits per heavy atom. The van der Waals surface area contributed by atoms with Gasteiger partial charge in [-0.15, -0.1) is 0 Å². The molecule has 3 heterocycles. The molecule has 4 rings (SSSR count). The average Bonchev–Trinajstić information content (AvgIpc) is 3.33. The minimum Gasteiger partial charge on any atom is -0.387 e. The topological polar surface area (TPSA) is 172 Å². The van der Waals surface area contributed by atoms with Gasteiger partial charge in [0.05, 0.1) is 18.2 Å². The molecule has 2 aliphatic rings. The highest BCUT2D eigenvalue weighted by Crippen LogP contribution is 2.36. The molecule has 1 saturated heterocycles. The number of hydrogen-bond donors (Lipinski definition) is 5. The van der Waals surface area contributed by atoms with Gasteiger partial charge < -0.3 is 34.8 Å². The molecule has 0 spiro atoms. The maximum atomic E-state index is 10.9. The number of nitrogens with zero attached hydrogens (tertiary/aromatic N) is 4. The first-order chi connectivity index (χ1) is 14.2. The van der Waals surface area contributed by atoms with E-state index in [4.69, 9.17) is 30.9 Å². The van der Waals surface area contributed by atoms with Crippen LogP contribution in [0.5, 0.6) is 0 Å². The lowest BCUT2D eigenvalue weighted by molar-refractivity contribution is -0.0658. The quantitative estimate of drug-likeness (QED) is 0.258. The number of fused-ring (bicyclic) bond motifs is 1. The molecular weight excluding hydrogens is 441 g/mol. The van der Waals surface area contributed by atoms with Crippen LogP contribution in [-0.2, 0) is 14.0 Å². The second-order valence-electron chi connectivity index (χ2n) is 7.54. The van der Waals surface area contributed by atoms with Crippen molar-refractivity contribution in [1.29, 1.82) is 0 Å². The van der Waals surface area contributed by atoms with Gasteiger partial charge in [-0.1, -0.05) is 12.8 Å². The zero-order chi connectivity index (χ0) is 21.5. The molecule has 30 heavy (non-hydrogen) atoms. The Hall–Kier alpha value is -1.37. The summed E-state index contributed by atoms with van der Waals surface area (Å²) < 4.78 is 22.8. The summed E-state index contributed by atoms with van der Waals surface area (Å²) in [5.41, 5.74) is 0.317. The van der Waals surface area contributed by atoms with E-state index in [0.717, 1.165) is 18.9 Å². The molecule has 12 nitrogen and oxygen atoms in total. The normalized spacial score (nSPS) is 27.1. The highest BCUT2D eigenvalue weighted by atomic mass is 35.5. The van der Waals surface area contributed by atoms with Crippen molar-refractivity contribution in [2.75, 3.05) is 24.8 Å². The lowest BCUT2D eigenvalue weighted by atomic mass is 10.1. The van der Waals surface area contributed by atoms with Gasteiger partial charge in [0.25, 0.3) is 0 Å². The molecular formula is C16H23ClN5O7P. The Morgan fingerprint density at radius 2 is 2.07 bits per heavy atom. The van der Waals surface area contributed by atoms with E-state index in [2.05, 4.69) is 20.4 Å². The third-order valence-electron chi connectivity index (χ3n) is 5.09. The molecule has 0 amide bonds. The summed E-state index contributed by atoms with van der Waals surface area (Å²) >= 11 is 6.07. The molecule has 0 unspecified atom stereocenters. The van der Waals surface area contributed by atoms with Crippen molar-refractivity contribution >= 4 is 36.0 Å². The van der Waals surface area contributed by atoms with Crippen LogP contribution in [0.15, 0.2) is 6.20 Å². The summed E-state index contributed by atoms with van der Waals surface area (Å²) in [6, 6.07) is 0. The van der Waals surface area contributed by atoms with Crippen LogP contribution in [0, 0.1) is 5.92 Å². The van der Waals surface area contributed by atoms with Crippen molar-refractivity contribution in [2.24, 2.45) is 5.92 Å². The molecule has 0 aromatic carbocycles. The molecule has 4 atom stereocenters. The molecule has 5 N–H and O–H groups in total. The standard InChI is InChI=1S/C16H23ClN5O7P/c17-16-20-13(18-4-3-8-1-2-8)9-5-19-22(14(9)21-16)15-12(24)11(23)10(29-15)6-28-7-30(25,26)27/h5,8,10-12,15,23-24H,1-4,6-7H2,(H,18,20,21)(H2,25,26,27)/t10-,11-,12-,15-/m1/s1. The number of aromatic nitrogens is 4. The first-order valence-electron chi connectivity index (χ1n) is 9.51. The molecule has 14 heteroatoms. The zero-order valence-corrected chi connectivity index (χ0v) is 17.5. The van der Waals surface area contributed by atoms with Crippen molar-refractivity contribution < 1.29 is 34.0 Å². The fourth-order valence-electron chi connectivity index (χ4n) is 3.38. The number of ether oxygens (including phenoxy) is 2. The Labute approximate surface area is 176 Å². The second kappa shape index (κ2) is 8.64. The number of aliphatic hydroxyl groups is 2. The van der Waals surface area contributed by atoms with Crippen molar-refractivity contribution in [3.05, 3.63) is 11.5 Å². The second-order valence-corrected chi connectivity index (χ2v) is 9.46. The van der Waals surface area contributed by atoms with Gasteiger partial charge in [0.15, 0.2) is 11.9 Å². The van der Waals surface area contributed by atoms with Crippen LogP contribution in [0.3, 0.4) is 0 Å². The molecule has 1 saturated carbocycles. The Balaban J connectivity index is 1.50. The maximum Gasteiger partial charge on any atom is 0.350 e. The van der Waals surface area contributed by atoms with Gasteiger partial charge >= 0.3 is 7.60 Å². The van der Waals surface area contributed by atoms with Gasteiger partial charge in [-0.25, -0.2) is 4.68 Å². The van der Waals surface area contributed by atoms with Crippen LogP contribution in [0.25, 0.3) is 11.0 Å². The van der Waals surface area contributed by atoms with E-state index in [1.54, 1.807) is 0 Å². The van der Waals surface area contributed by atoms with Crippen LogP contribution in [-0.4, -0.2) is 77.6 Å². The number of rotatable bonds is 9. The third kappa shape index (κ3) is 4.92. The van der Waals surface area contributed by atoms with Crippen LogP contribution < -0.4 is 5.32 Å². The van der Waals surface area contributed by atoms with Crippen LogP contribution in [0.4, 0.5) is 5.82 Å². The Kier molecular flexibility index (Phi) is 6.29. The molecule has 0 bridgehead atoms. The van der Waals surface area contributed by atoms with Gasteiger partial charge in [0, 0.05) is 6.54 Å². The predicted molar refractivity (Wildman–Crippen MR) is 105 cm³/mol. The maximum absolute atomic E-state index is 10.9. The summed E-state index contributed by atoms with van der Waals surface area (Å²) in [5.74, 6) is 1.27. The lowest BCUT2D eigenvalue weighted by Crippen LogP contribution is -2.34. The fraction of sp³-hybridized carbons (Fsp3) is 0.688. The summed E-state index contributed by atoms with van der Waals surface area (Å²) in [6.45, 7) is 0.418. The van der Waals surface area contributed by atoms with Crippen molar-refractivity contribution in [3.63, 3.8) is 0 Å². The summed E-state index contributed by atoms with van der Waals surface area (Å²) in [4.78, 5) is 26.1. The van der Waals surface area contributed by atoms with Gasteiger partial charge in [-0.2, -0.15) is 15.1 Å². The number of anilines is 1. The Morgan fingerprint density at radius 3 is 2.77 bits per heavy atom. The molecule has 166 valence electrons. The van der Waals surface area contributed by atoms with E-state index in [1.807, 2.05) is 0 Å². The number of aliphatic hydroxyl groups excluding tert-OH is 2. The lowest BCUT2D eigenvalue weighted by Gasteiger charge is -2.16. The Bertz CT molecular complexity index is 951. The van der Waals surface area contributed by atoms with E-state index >= 15 is 0 Å². The van der Waals surface area contributed by atoms with Crippen LogP contribution in [0.2, 0.25) is 5.28 Å². The monoisotopic (exact) mass is 463 g/mol. The first kappa shape index (κ1) is 21.8. The van der Waals surface area contributed by atoms with Crippen molar-refractivity contribution in [1.82, 2.24) is 19.7 Å². The molecule has 2 fully saturated rings. The van der Waals surface area contributed by atoms with E-state index < -0.39 is 38.5 Å². The number of halogens is 1. The fourth-order valence-corrected chi connectivity index (χ4v) is 3.89. The first-order valence-corrected chi connectivity index (χ1v) is 11.7. The van der Waals surface area contributed by atoms with Gasteiger partial charge in [0.2, 0.25) is 5.28 Å². The van der Waals surface area contributed by atoms with Crippen LogP contribution in [0.1, 0.15) is 25.5 Å².